The Hall–Kier alpha value is -1.55. The minimum Gasteiger partial charge on any atom is -0.300 e. The molecule has 0 spiro atoms. The van der Waals surface area contributed by atoms with Gasteiger partial charge in [-0.1, -0.05) is 6.07 Å². The van der Waals surface area contributed by atoms with Crippen LogP contribution in [0.15, 0.2) is 29.8 Å². The van der Waals surface area contributed by atoms with Gasteiger partial charge in [0.25, 0.3) is 0 Å². The average molecular weight is 258 g/mol. The van der Waals surface area contributed by atoms with Crippen LogP contribution in [-0.4, -0.2) is 15.8 Å². The van der Waals surface area contributed by atoms with Crippen molar-refractivity contribution in [2.75, 3.05) is 0 Å². The van der Waals surface area contributed by atoms with E-state index in [2.05, 4.69) is 15.3 Å². The van der Waals surface area contributed by atoms with E-state index in [4.69, 9.17) is 0 Å². The molecule has 92 valence electrons. The molecule has 2 aromatic heterocycles. The molecule has 0 unspecified atom stereocenters. The van der Waals surface area contributed by atoms with Crippen molar-refractivity contribution in [3.63, 3.8) is 0 Å². The van der Waals surface area contributed by atoms with Gasteiger partial charge in [0.2, 0.25) is 0 Å². The van der Waals surface area contributed by atoms with Gasteiger partial charge in [0.15, 0.2) is 0 Å². The Bertz CT molecular complexity index is 540. The Morgan fingerprint density at radius 2 is 2.06 bits per heavy atom. The first-order valence-electron chi connectivity index (χ1n) is 6.21. The highest BCUT2D eigenvalue weighted by Crippen LogP contribution is 2.33. The lowest BCUT2D eigenvalue weighted by Gasteiger charge is -2.18. The van der Waals surface area contributed by atoms with Gasteiger partial charge in [0, 0.05) is 30.3 Å². The summed E-state index contributed by atoms with van der Waals surface area (Å²) in [5.74, 6) is 0.850. The van der Waals surface area contributed by atoms with Crippen LogP contribution in [0.25, 0.3) is 10.7 Å². The largest absolute Gasteiger partial charge is 0.300 e. The smallest absolute Gasteiger partial charge is 0.142 e. The predicted molar refractivity (Wildman–Crippen MR) is 71.6 cm³/mol. The average Bonchev–Trinajstić information content (AvgIpc) is 2.90. The quantitative estimate of drug-likeness (QED) is 0.828. The predicted octanol–water partition coefficient (Wildman–Crippen LogP) is 3.43. The van der Waals surface area contributed by atoms with Crippen molar-refractivity contribution in [3.05, 3.63) is 35.5 Å². The maximum Gasteiger partial charge on any atom is 0.142 e. The van der Waals surface area contributed by atoms with Crippen LogP contribution in [0.5, 0.6) is 0 Å². The number of rotatable bonds is 2. The standard InChI is InChI=1S/C14H14N2OS/c17-11-6-4-10(5-7-11)13-9-18-14(16-13)12-3-1-2-8-15-12/h1-3,8-10H,4-7H2. The Kier molecular flexibility index (Phi) is 3.19. The molecule has 0 saturated heterocycles. The number of ketones is 1. The second-order valence-electron chi connectivity index (χ2n) is 4.61. The third-order valence-electron chi connectivity index (χ3n) is 3.37. The van der Waals surface area contributed by atoms with Gasteiger partial charge in [-0.05, 0) is 25.0 Å². The van der Waals surface area contributed by atoms with E-state index in [1.807, 2.05) is 18.2 Å². The fourth-order valence-electron chi connectivity index (χ4n) is 2.32. The molecule has 2 aromatic rings. The molecule has 3 nitrogen and oxygen atoms in total. The molecule has 0 radical (unpaired) electrons. The van der Waals surface area contributed by atoms with Crippen LogP contribution in [0.4, 0.5) is 0 Å². The molecular weight excluding hydrogens is 244 g/mol. The zero-order valence-corrected chi connectivity index (χ0v) is 10.8. The summed E-state index contributed by atoms with van der Waals surface area (Å²) in [6, 6.07) is 5.86. The summed E-state index contributed by atoms with van der Waals surface area (Å²) < 4.78 is 0. The first-order valence-corrected chi connectivity index (χ1v) is 7.09. The van der Waals surface area contributed by atoms with Gasteiger partial charge in [-0.25, -0.2) is 4.98 Å². The van der Waals surface area contributed by atoms with E-state index in [1.54, 1.807) is 17.5 Å². The molecule has 1 aliphatic carbocycles. The number of nitrogens with zero attached hydrogens (tertiary/aromatic N) is 2. The second kappa shape index (κ2) is 4.98. The summed E-state index contributed by atoms with van der Waals surface area (Å²) >= 11 is 1.64. The Balaban J connectivity index is 1.80. The zero-order chi connectivity index (χ0) is 12.4. The topological polar surface area (TPSA) is 42.9 Å². The number of pyridine rings is 1. The molecule has 1 fully saturated rings. The first-order chi connectivity index (χ1) is 8.83. The fraction of sp³-hybridized carbons (Fsp3) is 0.357. The number of hydrogen-bond donors (Lipinski definition) is 0. The van der Waals surface area contributed by atoms with Crippen molar-refractivity contribution >= 4 is 17.1 Å². The molecule has 4 heteroatoms. The lowest BCUT2D eigenvalue weighted by molar-refractivity contribution is -0.120. The van der Waals surface area contributed by atoms with Crippen molar-refractivity contribution in [2.45, 2.75) is 31.6 Å². The lowest BCUT2D eigenvalue weighted by atomic mass is 9.87. The van der Waals surface area contributed by atoms with Crippen LogP contribution >= 0.6 is 11.3 Å². The van der Waals surface area contributed by atoms with Gasteiger partial charge >= 0.3 is 0 Å². The monoisotopic (exact) mass is 258 g/mol. The number of thiazole rings is 1. The third-order valence-corrected chi connectivity index (χ3v) is 4.25. The third kappa shape index (κ3) is 2.34. The Morgan fingerprint density at radius 3 is 2.78 bits per heavy atom. The van der Waals surface area contributed by atoms with E-state index in [-0.39, 0.29) is 0 Å². The molecule has 18 heavy (non-hydrogen) atoms. The van der Waals surface area contributed by atoms with Gasteiger partial charge in [0.05, 0.1) is 11.4 Å². The van der Waals surface area contributed by atoms with E-state index in [0.717, 1.165) is 29.2 Å². The van der Waals surface area contributed by atoms with Gasteiger partial charge < -0.3 is 0 Å². The number of carbonyl (C=O) groups is 1. The van der Waals surface area contributed by atoms with Crippen molar-refractivity contribution in [2.24, 2.45) is 0 Å². The highest BCUT2D eigenvalue weighted by atomic mass is 32.1. The van der Waals surface area contributed by atoms with Crippen LogP contribution in [0.2, 0.25) is 0 Å². The van der Waals surface area contributed by atoms with Gasteiger partial charge in [-0.3, -0.25) is 9.78 Å². The molecule has 0 N–H and O–H groups in total. The van der Waals surface area contributed by atoms with Crippen LogP contribution in [-0.2, 0) is 4.79 Å². The minimum atomic E-state index is 0.395. The van der Waals surface area contributed by atoms with Crippen LogP contribution in [0.3, 0.4) is 0 Å². The van der Waals surface area contributed by atoms with Crippen molar-refractivity contribution in [3.8, 4) is 10.7 Å². The molecule has 1 aliphatic rings. The summed E-state index contributed by atoms with van der Waals surface area (Å²) in [5.41, 5.74) is 2.06. The van der Waals surface area contributed by atoms with Crippen molar-refractivity contribution in [1.29, 1.82) is 0 Å². The summed E-state index contributed by atoms with van der Waals surface area (Å²) in [6.45, 7) is 0. The second-order valence-corrected chi connectivity index (χ2v) is 5.46. The summed E-state index contributed by atoms with van der Waals surface area (Å²) in [5, 5.41) is 3.09. The van der Waals surface area contributed by atoms with Crippen LogP contribution in [0.1, 0.15) is 37.3 Å². The molecular formula is C14H14N2OS. The molecule has 0 aromatic carbocycles. The molecule has 3 rings (SSSR count). The number of carbonyl (C=O) groups excluding carboxylic acids is 1. The fourth-order valence-corrected chi connectivity index (χ4v) is 3.19. The van der Waals surface area contributed by atoms with E-state index < -0.39 is 0 Å². The molecule has 2 heterocycles. The normalized spacial score (nSPS) is 17.0. The van der Waals surface area contributed by atoms with Gasteiger partial charge in [0.1, 0.15) is 10.8 Å². The lowest BCUT2D eigenvalue weighted by Crippen LogP contribution is -2.12. The van der Waals surface area contributed by atoms with Crippen LogP contribution < -0.4 is 0 Å². The molecule has 1 saturated carbocycles. The maximum absolute atomic E-state index is 11.2. The molecule has 0 atom stereocenters. The van der Waals surface area contributed by atoms with E-state index in [1.165, 1.54) is 0 Å². The highest BCUT2D eigenvalue weighted by molar-refractivity contribution is 7.13. The zero-order valence-electron chi connectivity index (χ0n) is 10.0. The highest BCUT2D eigenvalue weighted by Gasteiger charge is 2.22. The summed E-state index contributed by atoms with van der Waals surface area (Å²) in [6.07, 6.45) is 5.10. The van der Waals surface area contributed by atoms with E-state index >= 15 is 0 Å². The molecule has 0 aliphatic heterocycles. The SMILES string of the molecule is O=C1CCC(c2csc(-c3ccccn3)n2)CC1. The number of aromatic nitrogens is 2. The molecule has 0 amide bonds. The first kappa shape index (κ1) is 11.5. The summed E-state index contributed by atoms with van der Waals surface area (Å²) in [4.78, 5) is 20.2. The minimum absolute atomic E-state index is 0.395. The molecule has 0 bridgehead atoms. The number of hydrogen-bond acceptors (Lipinski definition) is 4. The van der Waals surface area contributed by atoms with Gasteiger partial charge in [-0.2, -0.15) is 0 Å². The van der Waals surface area contributed by atoms with Crippen LogP contribution in [0, 0.1) is 0 Å². The van der Waals surface area contributed by atoms with Gasteiger partial charge in [-0.15, -0.1) is 11.3 Å². The van der Waals surface area contributed by atoms with E-state index in [9.17, 15) is 4.79 Å². The Labute approximate surface area is 110 Å². The maximum atomic E-state index is 11.2. The van der Waals surface area contributed by atoms with Crippen molar-refractivity contribution in [1.82, 2.24) is 9.97 Å². The number of Topliss-reactive ketones (excluding diaryl/α,β-unsaturated/α-hetero) is 1. The van der Waals surface area contributed by atoms with Crippen molar-refractivity contribution < 1.29 is 4.79 Å². The van der Waals surface area contributed by atoms with E-state index in [0.29, 0.717) is 24.5 Å². The Morgan fingerprint density at radius 1 is 1.22 bits per heavy atom. The summed E-state index contributed by atoms with van der Waals surface area (Å²) in [7, 11) is 0.